The van der Waals surface area contributed by atoms with Crippen LogP contribution in [0.25, 0.3) is 21.9 Å². The van der Waals surface area contributed by atoms with Gasteiger partial charge in [0.05, 0.1) is 5.69 Å². The molecule has 2 N–H and O–H groups in total. The van der Waals surface area contributed by atoms with Crippen molar-refractivity contribution in [2.45, 2.75) is 59.0 Å². The number of rotatable bonds is 5. The maximum atomic E-state index is 12.4. The molecule has 32 heavy (non-hydrogen) atoms. The molecule has 2 aromatic heterocycles. The summed E-state index contributed by atoms with van der Waals surface area (Å²) in [7, 11) is 0. The van der Waals surface area contributed by atoms with Gasteiger partial charge in [-0.3, -0.25) is 15.1 Å². The molecule has 2 heterocycles. The maximum Gasteiger partial charge on any atom is 0.412 e. The van der Waals surface area contributed by atoms with Crippen LogP contribution in [0.5, 0.6) is 0 Å². The number of aryl methyl sites for hydroxylation is 1. The van der Waals surface area contributed by atoms with E-state index >= 15 is 0 Å². The van der Waals surface area contributed by atoms with E-state index < -0.39 is 11.7 Å². The molecule has 3 aromatic rings. The van der Waals surface area contributed by atoms with E-state index in [0.717, 1.165) is 33.9 Å². The van der Waals surface area contributed by atoms with Gasteiger partial charge in [0.1, 0.15) is 11.4 Å². The van der Waals surface area contributed by atoms with Gasteiger partial charge in [0, 0.05) is 29.5 Å². The van der Waals surface area contributed by atoms with E-state index in [0.29, 0.717) is 17.9 Å². The molecular formula is C25H30N4O3. The number of amides is 2. The number of ether oxygens (including phenoxy) is 1. The lowest BCUT2D eigenvalue weighted by molar-refractivity contribution is -0.105. The Morgan fingerprint density at radius 3 is 2.53 bits per heavy atom. The zero-order valence-electron chi connectivity index (χ0n) is 19.1. The first-order valence-corrected chi connectivity index (χ1v) is 10.9. The van der Waals surface area contributed by atoms with Crippen molar-refractivity contribution in [2.75, 3.05) is 10.6 Å². The van der Waals surface area contributed by atoms with Gasteiger partial charge in [0.15, 0.2) is 0 Å². The van der Waals surface area contributed by atoms with Crippen LogP contribution >= 0.6 is 0 Å². The van der Waals surface area contributed by atoms with Crippen LogP contribution in [0.15, 0.2) is 42.9 Å². The lowest BCUT2D eigenvalue weighted by Gasteiger charge is -2.20. The SMILES string of the molecule is C1CC1.CCc1ccncc1-c1cc(NC(=O)OC(C)(C)C)c2cnc(NC=O)cc2c1. The number of fused-ring (bicyclic) bond motifs is 1. The minimum atomic E-state index is -0.616. The van der Waals surface area contributed by atoms with Gasteiger partial charge in [-0.25, -0.2) is 9.78 Å². The Morgan fingerprint density at radius 1 is 1.16 bits per heavy atom. The van der Waals surface area contributed by atoms with Crippen LogP contribution < -0.4 is 10.6 Å². The summed E-state index contributed by atoms with van der Waals surface area (Å²) in [5, 5.41) is 6.94. The van der Waals surface area contributed by atoms with E-state index in [-0.39, 0.29) is 0 Å². The molecule has 0 atom stereocenters. The zero-order chi connectivity index (χ0) is 23.1. The Kier molecular flexibility index (Phi) is 7.41. The summed E-state index contributed by atoms with van der Waals surface area (Å²) in [6.07, 6.45) is 10.6. The fraction of sp³-hybridized carbons (Fsp3) is 0.360. The van der Waals surface area contributed by atoms with Crippen molar-refractivity contribution in [2.24, 2.45) is 0 Å². The fourth-order valence-corrected chi connectivity index (χ4v) is 3.06. The van der Waals surface area contributed by atoms with Gasteiger partial charge in [-0.05, 0) is 68.0 Å². The molecular weight excluding hydrogens is 404 g/mol. The molecule has 1 aliphatic rings. The monoisotopic (exact) mass is 434 g/mol. The zero-order valence-corrected chi connectivity index (χ0v) is 19.1. The van der Waals surface area contributed by atoms with E-state index in [1.807, 2.05) is 45.2 Å². The van der Waals surface area contributed by atoms with Gasteiger partial charge in [-0.1, -0.05) is 26.2 Å². The van der Waals surface area contributed by atoms with E-state index in [1.54, 1.807) is 18.5 Å². The molecule has 1 saturated carbocycles. The molecule has 0 aliphatic heterocycles. The van der Waals surface area contributed by atoms with Crippen LogP contribution in [0.3, 0.4) is 0 Å². The number of nitrogens with one attached hydrogen (secondary N) is 2. The molecule has 1 fully saturated rings. The van der Waals surface area contributed by atoms with Crippen molar-refractivity contribution in [1.82, 2.24) is 9.97 Å². The number of hydrogen-bond donors (Lipinski definition) is 2. The van der Waals surface area contributed by atoms with Gasteiger partial charge in [-0.2, -0.15) is 0 Å². The van der Waals surface area contributed by atoms with Crippen LogP contribution in [0.1, 0.15) is 52.5 Å². The highest BCUT2D eigenvalue weighted by molar-refractivity contribution is 6.03. The maximum absolute atomic E-state index is 12.4. The fourth-order valence-electron chi connectivity index (χ4n) is 3.06. The second kappa shape index (κ2) is 10.2. The molecule has 0 bridgehead atoms. The largest absolute Gasteiger partial charge is 0.444 e. The van der Waals surface area contributed by atoms with Crippen LogP contribution in [-0.4, -0.2) is 28.1 Å². The average Bonchev–Trinajstić information content (AvgIpc) is 3.61. The predicted octanol–water partition coefficient (Wildman–Crippen LogP) is 5.94. The highest BCUT2D eigenvalue weighted by Crippen LogP contribution is 2.33. The Morgan fingerprint density at radius 2 is 1.91 bits per heavy atom. The number of benzene rings is 1. The summed E-state index contributed by atoms with van der Waals surface area (Å²) in [6, 6.07) is 7.61. The van der Waals surface area contributed by atoms with Crippen LogP contribution in [0, 0.1) is 0 Å². The number of aromatic nitrogens is 2. The third-order valence-corrected chi connectivity index (χ3v) is 4.64. The van der Waals surface area contributed by atoms with Crippen molar-refractivity contribution < 1.29 is 14.3 Å². The summed E-state index contributed by atoms with van der Waals surface area (Å²) in [5.74, 6) is 0.426. The standard InChI is InChI=1S/C22H24N4O3.C3H6/c1-5-14-6-7-23-11-17(14)15-8-16-10-20(25-13-27)24-12-18(16)19(9-15)26-21(28)29-22(2,3)4;1-2-3-1/h6-13H,5H2,1-4H3,(H,26,28)(H,24,25,27);1-3H2. The van der Waals surface area contributed by atoms with Gasteiger partial charge in [0.25, 0.3) is 0 Å². The predicted molar refractivity (Wildman–Crippen MR) is 128 cm³/mol. The molecule has 168 valence electrons. The third-order valence-electron chi connectivity index (χ3n) is 4.64. The minimum absolute atomic E-state index is 0.426. The van der Waals surface area contributed by atoms with Gasteiger partial charge in [0.2, 0.25) is 6.41 Å². The number of nitrogens with zero attached hydrogens (tertiary/aromatic N) is 2. The average molecular weight is 435 g/mol. The highest BCUT2D eigenvalue weighted by atomic mass is 16.6. The molecule has 4 rings (SSSR count). The number of carbonyl (C=O) groups is 2. The number of hydrogen-bond acceptors (Lipinski definition) is 5. The molecule has 1 aliphatic carbocycles. The summed E-state index contributed by atoms with van der Waals surface area (Å²) in [6.45, 7) is 7.51. The minimum Gasteiger partial charge on any atom is -0.444 e. The third kappa shape index (κ3) is 6.51. The number of pyridine rings is 2. The Labute approximate surface area is 188 Å². The van der Waals surface area contributed by atoms with E-state index in [2.05, 4.69) is 27.5 Å². The van der Waals surface area contributed by atoms with Gasteiger partial charge in [-0.15, -0.1) is 0 Å². The van der Waals surface area contributed by atoms with Crippen molar-refractivity contribution in [3.63, 3.8) is 0 Å². The van der Waals surface area contributed by atoms with Crippen molar-refractivity contribution in [1.29, 1.82) is 0 Å². The van der Waals surface area contributed by atoms with Crippen molar-refractivity contribution in [3.8, 4) is 11.1 Å². The van der Waals surface area contributed by atoms with E-state index in [4.69, 9.17) is 4.74 Å². The Hall–Kier alpha value is -3.48. The molecule has 0 saturated heterocycles. The van der Waals surface area contributed by atoms with Crippen LogP contribution in [0.2, 0.25) is 0 Å². The molecule has 7 nitrogen and oxygen atoms in total. The second-order valence-corrected chi connectivity index (χ2v) is 8.65. The smallest absolute Gasteiger partial charge is 0.412 e. The quantitative estimate of drug-likeness (QED) is 0.484. The number of carbonyl (C=O) groups excluding carboxylic acids is 2. The van der Waals surface area contributed by atoms with E-state index in [1.165, 1.54) is 19.3 Å². The summed E-state index contributed by atoms with van der Waals surface area (Å²) in [4.78, 5) is 31.7. The summed E-state index contributed by atoms with van der Waals surface area (Å²) >= 11 is 0. The topological polar surface area (TPSA) is 93.2 Å². The van der Waals surface area contributed by atoms with Crippen LogP contribution in [0.4, 0.5) is 16.3 Å². The van der Waals surface area contributed by atoms with Crippen molar-refractivity contribution >= 4 is 34.8 Å². The second-order valence-electron chi connectivity index (χ2n) is 8.65. The first kappa shape index (κ1) is 23.2. The Balaban J connectivity index is 0.000000887. The van der Waals surface area contributed by atoms with Crippen molar-refractivity contribution in [3.05, 3.63) is 48.4 Å². The van der Waals surface area contributed by atoms with Gasteiger partial charge < -0.3 is 10.1 Å². The molecule has 7 heteroatoms. The first-order valence-electron chi connectivity index (χ1n) is 10.9. The van der Waals surface area contributed by atoms with E-state index in [9.17, 15) is 9.59 Å². The highest BCUT2D eigenvalue weighted by Gasteiger charge is 2.18. The molecule has 0 spiro atoms. The first-order chi connectivity index (χ1) is 15.3. The lowest BCUT2D eigenvalue weighted by Crippen LogP contribution is -2.27. The summed E-state index contributed by atoms with van der Waals surface area (Å²) < 4.78 is 5.40. The molecule has 0 unspecified atom stereocenters. The summed E-state index contributed by atoms with van der Waals surface area (Å²) in [5.41, 5.74) is 2.98. The molecule has 0 radical (unpaired) electrons. The Bertz CT molecular complexity index is 1100. The lowest BCUT2D eigenvalue weighted by atomic mass is 9.97. The normalized spacial score (nSPS) is 12.4. The molecule has 1 aromatic carbocycles. The van der Waals surface area contributed by atoms with Gasteiger partial charge >= 0.3 is 6.09 Å². The molecule has 2 amide bonds. The van der Waals surface area contributed by atoms with Crippen LogP contribution in [-0.2, 0) is 16.0 Å². The number of anilines is 2.